The zero-order chi connectivity index (χ0) is 41.9. The summed E-state index contributed by atoms with van der Waals surface area (Å²) in [6.07, 6.45) is 8.05. The monoisotopic (exact) mass is 1030 g/mol. The molecular weight excluding hydrogens is 949 g/mol. The van der Waals surface area contributed by atoms with Crippen LogP contribution in [0.1, 0.15) is 101 Å². The average molecular weight is 1030 g/mol. The first-order valence-electron chi connectivity index (χ1n) is 21.3. The number of rotatable bonds is 42. The van der Waals surface area contributed by atoms with Crippen LogP contribution < -0.4 is 0 Å². The van der Waals surface area contributed by atoms with Crippen molar-refractivity contribution < 1.29 is 39.8 Å². The van der Waals surface area contributed by atoms with Crippen molar-refractivity contribution in [3.8, 4) is 0 Å². The Kier molecular flexibility index (Phi) is 39.7. The Morgan fingerprint density at radius 1 is 0.368 bits per heavy atom. The average Bonchev–Trinajstić information content (AvgIpc) is 3.18. The van der Waals surface area contributed by atoms with Gasteiger partial charge in [0.2, 0.25) is 0 Å². The quantitative estimate of drug-likeness (QED) is 0.0330. The van der Waals surface area contributed by atoms with Crippen LogP contribution in [0.3, 0.4) is 0 Å². The summed E-state index contributed by atoms with van der Waals surface area (Å²) in [6, 6.07) is 2.61. The third-order valence-corrected chi connectivity index (χ3v) is 33.4. The number of hydrogen-bond acceptors (Lipinski definition) is 18. The lowest BCUT2D eigenvalue weighted by molar-refractivity contribution is 0.0720. The molecule has 342 valence electrons. The molecular formula is C36H78O9S9Si3. The topological polar surface area (TPSA) is 83.1 Å². The Morgan fingerprint density at radius 3 is 1.07 bits per heavy atom. The highest BCUT2D eigenvalue weighted by Gasteiger charge is 2.41. The van der Waals surface area contributed by atoms with E-state index in [4.69, 9.17) is 39.8 Å². The van der Waals surface area contributed by atoms with Crippen molar-refractivity contribution in [1.82, 2.24) is 0 Å². The van der Waals surface area contributed by atoms with Crippen LogP contribution >= 0.6 is 94.2 Å². The van der Waals surface area contributed by atoms with Crippen LogP contribution in [-0.2, 0) is 39.8 Å². The minimum absolute atomic E-state index is 0.632. The Hall–Kier alpha value is 3.44. The molecule has 1 fully saturated rings. The van der Waals surface area contributed by atoms with Crippen LogP contribution in [0.5, 0.6) is 0 Å². The predicted molar refractivity (Wildman–Crippen MR) is 272 cm³/mol. The highest BCUT2D eigenvalue weighted by Crippen LogP contribution is 2.48. The second kappa shape index (κ2) is 38.7. The zero-order valence-electron chi connectivity index (χ0n) is 36.6. The fourth-order valence-electron chi connectivity index (χ4n) is 6.92. The first-order valence-corrected chi connectivity index (χ1v) is 38.5. The molecule has 57 heavy (non-hydrogen) atoms. The summed E-state index contributed by atoms with van der Waals surface area (Å²) in [5.41, 5.74) is 0. The molecule has 0 spiro atoms. The minimum Gasteiger partial charge on any atom is -0.374 e. The summed E-state index contributed by atoms with van der Waals surface area (Å²) >= 11 is 2.06. The molecule has 1 rings (SSSR count). The molecule has 0 N–H and O–H groups in total. The third kappa shape index (κ3) is 26.9. The smallest absolute Gasteiger partial charge is 0.374 e. The molecule has 1 aliphatic rings. The van der Waals surface area contributed by atoms with Gasteiger partial charge in [0.05, 0.1) is 0 Å². The maximum absolute atomic E-state index is 6.09. The van der Waals surface area contributed by atoms with Crippen LogP contribution in [0.25, 0.3) is 0 Å². The van der Waals surface area contributed by atoms with Crippen LogP contribution in [0.4, 0.5) is 0 Å². The van der Waals surface area contributed by atoms with E-state index in [0.717, 1.165) is 53.1 Å². The lowest BCUT2D eigenvalue weighted by atomic mass is 9.71. The molecule has 0 aliphatic heterocycles. The van der Waals surface area contributed by atoms with E-state index < -0.39 is 26.4 Å². The van der Waals surface area contributed by atoms with Crippen LogP contribution in [0.2, 0.25) is 18.1 Å². The predicted octanol–water partition coefficient (Wildman–Crippen LogP) is 13.4. The van der Waals surface area contributed by atoms with Crippen LogP contribution in [0, 0.1) is 17.8 Å². The lowest BCUT2D eigenvalue weighted by Gasteiger charge is -2.36. The molecule has 0 radical (unpaired) electrons. The molecule has 0 amide bonds. The van der Waals surface area contributed by atoms with E-state index in [9.17, 15) is 0 Å². The summed E-state index contributed by atoms with van der Waals surface area (Å²) < 4.78 is 54.5. The molecule has 9 nitrogen and oxygen atoms in total. The third-order valence-electron chi connectivity index (χ3n) is 9.12. The van der Waals surface area contributed by atoms with E-state index >= 15 is 0 Å². The Morgan fingerprint density at radius 2 is 0.702 bits per heavy atom. The summed E-state index contributed by atoms with van der Waals surface area (Å²) in [5, 5.41) is 0. The number of thioether (sulfide) groups is 1. The van der Waals surface area contributed by atoms with Gasteiger partial charge in [-0.15, -0.1) is 0 Å². The highest BCUT2D eigenvalue weighted by molar-refractivity contribution is 9.26. The van der Waals surface area contributed by atoms with Crippen molar-refractivity contribution in [1.29, 1.82) is 0 Å². The summed E-state index contributed by atoms with van der Waals surface area (Å²) in [7, 11) is 7.81. The van der Waals surface area contributed by atoms with Crippen LogP contribution in [-0.4, -0.2) is 120 Å². The standard InChI is InChI=1S/C36H78O9S9Si3/c1-10-37-55(38-11-2,39-12-3)30-27-46-24-21-34-19-20-35(22-25-47-51-53-49-28-31-56(40-13-4,41-14-5)42-15-6)36(33-34)23-26-48-52-54-50-29-32-57(43-16-7,44-17-8)45-18-9/h34-36H,10-33H2,1-9H3. The molecule has 21 heteroatoms. The van der Waals surface area contributed by atoms with E-state index in [1.165, 1.54) is 55.8 Å². The largest absolute Gasteiger partial charge is 0.501 e. The van der Waals surface area contributed by atoms with E-state index in [1.807, 2.05) is 145 Å². The molecule has 0 heterocycles. The zero-order valence-corrected chi connectivity index (χ0v) is 46.9. The normalized spacial score (nSPS) is 18.2. The second-order valence-corrected chi connectivity index (χ2v) is 34.8. The van der Waals surface area contributed by atoms with Gasteiger partial charge < -0.3 is 39.8 Å². The van der Waals surface area contributed by atoms with E-state index in [1.54, 1.807) is 0 Å². The first-order chi connectivity index (χ1) is 27.8. The molecule has 0 aromatic heterocycles. The van der Waals surface area contributed by atoms with Crippen molar-refractivity contribution in [3.05, 3.63) is 0 Å². The first kappa shape index (κ1) is 58.5. The van der Waals surface area contributed by atoms with Gasteiger partial charge in [0.1, 0.15) is 0 Å². The maximum atomic E-state index is 6.09. The Balaban J connectivity index is 2.60. The highest BCUT2D eigenvalue weighted by atomic mass is 33.7. The molecule has 0 saturated heterocycles. The van der Waals surface area contributed by atoms with E-state index in [2.05, 4.69) is 11.8 Å². The van der Waals surface area contributed by atoms with Gasteiger partial charge in [-0.3, -0.25) is 0 Å². The van der Waals surface area contributed by atoms with Crippen molar-refractivity contribution in [3.63, 3.8) is 0 Å². The number of hydrogen-bond donors (Lipinski definition) is 0. The molecule has 1 saturated carbocycles. The Labute approximate surface area is 387 Å². The molecule has 1 aliphatic carbocycles. The molecule has 3 unspecified atom stereocenters. The summed E-state index contributed by atoms with van der Waals surface area (Å²) in [6.45, 7) is 24.0. The fourth-order valence-corrected chi connectivity index (χ4v) is 30.6. The second-order valence-electron chi connectivity index (χ2n) is 12.9. The van der Waals surface area contributed by atoms with Gasteiger partial charge in [0.25, 0.3) is 0 Å². The van der Waals surface area contributed by atoms with Crippen molar-refractivity contribution in [2.45, 2.75) is 119 Å². The Bertz CT molecular complexity index is 868. The summed E-state index contributed by atoms with van der Waals surface area (Å²) in [4.78, 5) is 0. The minimum atomic E-state index is -2.57. The SMILES string of the molecule is CCO[Si](CCSCCC1CCC(CCSSSSCC[Si](OCC)(OCC)OCC)C(CCSSSSCC[Si](OCC)(OCC)OCC)C1)(OCC)OCC. The van der Waals surface area contributed by atoms with E-state index in [-0.39, 0.29) is 0 Å². The van der Waals surface area contributed by atoms with Crippen LogP contribution in [0.15, 0.2) is 0 Å². The molecule has 0 aromatic carbocycles. The van der Waals surface area contributed by atoms with Crippen molar-refractivity contribution in [2.75, 3.05) is 94.0 Å². The van der Waals surface area contributed by atoms with Gasteiger partial charge >= 0.3 is 26.4 Å². The lowest BCUT2D eigenvalue weighted by Crippen LogP contribution is -2.46. The fraction of sp³-hybridized carbons (Fsp3) is 1.00. The van der Waals surface area contributed by atoms with Gasteiger partial charge in [0.15, 0.2) is 0 Å². The van der Waals surface area contributed by atoms with Gasteiger partial charge in [-0.2, -0.15) is 11.8 Å². The van der Waals surface area contributed by atoms with E-state index in [0.29, 0.717) is 59.5 Å². The van der Waals surface area contributed by atoms with Gasteiger partial charge in [-0.05, 0) is 163 Å². The molecule has 0 aromatic rings. The summed E-state index contributed by atoms with van der Waals surface area (Å²) in [5.74, 6) is 9.09. The molecule has 3 atom stereocenters. The van der Waals surface area contributed by atoms with Crippen molar-refractivity contribution >= 4 is 121 Å². The maximum Gasteiger partial charge on any atom is 0.501 e. The van der Waals surface area contributed by atoms with Gasteiger partial charge in [-0.1, -0.05) is 49.6 Å². The van der Waals surface area contributed by atoms with Gasteiger partial charge in [-0.25, -0.2) is 0 Å². The van der Waals surface area contributed by atoms with Crippen molar-refractivity contribution in [2.24, 2.45) is 17.8 Å². The van der Waals surface area contributed by atoms with Gasteiger partial charge in [0, 0.05) is 101 Å². The molecule has 0 bridgehead atoms.